The smallest absolute Gasteiger partial charge is 0.236 e. The molecule has 1 atom stereocenters. The number of carbonyl (C=O) groups is 1. The molecule has 0 radical (unpaired) electrons. The van der Waals surface area contributed by atoms with E-state index in [9.17, 15) is 4.79 Å². The van der Waals surface area contributed by atoms with Crippen molar-refractivity contribution in [3.8, 4) is 0 Å². The number of nitrogens with two attached hydrogens (primary N) is 1. The third-order valence-corrected chi connectivity index (χ3v) is 4.82. The molecule has 1 amide bonds. The molecular weight excluding hydrogens is 256 g/mol. The van der Waals surface area contributed by atoms with E-state index >= 15 is 0 Å². The van der Waals surface area contributed by atoms with Crippen LogP contribution in [0.5, 0.6) is 0 Å². The normalized spacial score (nSPS) is 18.2. The van der Waals surface area contributed by atoms with Gasteiger partial charge in [-0.3, -0.25) is 4.79 Å². The molecule has 0 spiro atoms. The number of carbonyl (C=O) groups excluding carboxylic acids is 1. The van der Waals surface area contributed by atoms with E-state index in [1.54, 1.807) is 11.8 Å². The van der Waals surface area contributed by atoms with Crippen molar-refractivity contribution in [3.05, 3.63) is 29.8 Å². The van der Waals surface area contributed by atoms with Gasteiger partial charge in [-0.25, -0.2) is 0 Å². The van der Waals surface area contributed by atoms with Crippen LogP contribution < -0.4 is 5.73 Å². The fourth-order valence-electron chi connectivity index (χ4n) is 2.35. The Morgan fingerprint density at radius 3 is 2.79 bits per heavy atom. The lowest BCUT2D eigenvalue weighted by Gasteiger charge is -2.30. The van der Waals surface area contributed by atoms with Crippen molar-refractivity contribution in [3.63, 3.8) is 0 Å². The summed E-state index contributed by atoms with van der Waals surface area (Å²) in [6.45, 7) is 5.47. The van der Waals surface area contributed by atoms with Gasteiger partial charge in [-0.05, 0) is 30.0 Å². The summed E-state index contributed by atoms with van der Waals surface area (Å²) in [6.07, 6.45) is 0.840. The topological polar surface area (TPSA) is 46.3 Å². The minimum atomic E-state index is -0.0272. The first-order valence-electron chi connectivity index (χ1n) is 6.62. The Labute approximate surface area is 119 Å². The molecule has 19 heavy (non-hydrogen) atoms. The summed E-state index contributed by atoms with van der Waals surface area (Å²) in [5, 5.41) is 0.0241. The molecule has 1 unspecified atom stereocenters. The predicted molar refractivity (Wildman–Crippen MR) is 80.3 cm³/mol. The summed E-state index contributed by atoms with van der Waals surface area (Å²) in [5.41, 5.74) is 7.00. The van der Waals surface area contributed by atoms with Gasteiger partial charge in [-0.2, -0.15) is 0 Å². The molecule has 1 aromatic carbocycles. The quantitative estimate of drug-likeness (QED) is 0.918. The number of fused-ring (bicyclic) bond motifs is 1. The van der Waals surface area contributed by atoms with Crippen molar-refractivity contribution in [2.24, 2.45) is 11.1 Å². The zero-order valence-electron chi connectivity index (χ0n) is 11.8. The minimum absolute atomic E-state index is 0.0241. The molecule has 104 valence electrons. The number of benzene rings is 1. The Morgan fingerprint density at radius 1 is 1.47 bits per heavy atom. The average Bonchev–Trinajstić information content (AvgIpc) is 2.81. The van der Waals surface area contributed by atoms with Crippen LogP contribution in [0.3, 0.4) is 0 Å². The van der Waals surface area contributed by atoms with Gasteiger partial charge in [0, 0.05) is 18.5 Å². The maximum atomic E-state index is 12.5. The van der Waals surface area contributed by atoms with Crippen molar-refractivity contribution in [1.29, 1.82) is 0 Å². The van der Waals surface area contributed by atoms with Gasteiger partial charge in [0.2, 0.25) is 5.91 Å². The van der Waals surface area contributed by atoms with Crippen LogP contribution in [0.4, 0.5) is 0 Å². The van der Waals surface area contributed by atoms with Crippen molar-refractivity contribution in [1.82, 2.24) is 4.90 Å². The van der Waals surface area contributed by atoms with Crippen LogP contribution >= 0.6 is 11.8 Å². The standard InChI is InChI=1S/C15H22N2OS/c1-15(2,9-16)10-17(3)14(18)13-8-11-6-4-5-7-12(11)19-13/h4-7,13H,8-10,16H2,1-3H3. The molecule has 2 rings (SSSR count). The van der Waals surface area contributed by atoms with Crippen LogP contribution in [-0.2, 0) is 11.2 Å². The summed E-state index contributed by atoms with van der Waals surface area (Å²) >= 11 is 1.68. The van der Waals surface area contributed by atoms with Gasteiger partial charge in [0.05, 0.1) is 5.25 Å². The summed E-state index contributed by atoms with van der Waals surface area (Å²) in [5.74, 6) is 0.211. The van der Waals surface area contributed by atoms with Gasteiger partial charge in [0.25, 0.3) is 0 Å². The number of amides is 1. The molecule has 0 fully saturated rings. The van der Waals surface area contributed by atoms with Crippen molar-refractivity contribution < 1.29 is 4.79 Å². The molecule has 0 bridgehead atoms. The Hall–Kier alpha value is -1.00. The zero-order valence-corrected chi connectivity index (χ0v) is 12.7. The molecule has 1 aliphatic heterocycles. The molecule has 2 N–H and O–H groups in total. The van der Waals surface area contributed by atoms with Gasteiger partial charge < -0.3 is 10.6 Å². The third-order valence-electron chi connectivity index (χ3n) is 3.52. The first-order valence-corrected chi connectivity index (χ1v) is 7.50. The molecule has 1 aromatic rings. The number of rotatable bonds is 4. The van der Waals surface area contributed by atoms with Crippen LogP contribution in [0.2, 0.25) is 0 Å². The second-order valence-corrected chi connectivity index (χ2v) is 7.23. The van der Waals surface area contributed by atoms with E-state index in [0.717, 1.165) is 6.42 Å². The summed E-state index contributed by atoms with van der Waals surface area (Å²) in [7, 11) is 1.88. The van der Waals surface area contributed by atoms with E-state index in [2.05, 4.69) is 26.0 Å². The van der Waals surface area contributed by atoms with Crippen LogP contribution in [0.1, 0.15) is 19.4 Å². The van der Waals surface area contributed by atoms with Crippen molar-refractivity contribution in [2.45, 2.75) is 30.4 Å². The SMILES string of the molecule is CN(CC(C)(C)CN)C(=O)C1Cc2ccccc2S1. The zero-order chi connectivity index (χ0) is 14.0. The molecule has 0 aromatic heterocycles. The Balaban J connectivity index is 1.99. The van der Waals surface area contributed by atoms with E-state index in [1.165, 1.54) is 10.5 Å². The molecule has 4 heteroatoms. The van der Waals surface area contributed by atoms with Crippen LogP contribution in [0.25, 0.3) is 0 Å². The van der Waals surface area contributed by atoms with Crippen molar-refractivity contribution in [2.75, 3.05) is 20.1 Å². The maximum Gasteiger partial charge on any atom is 0.236 e. The molecular formula is C15H22N2OS. The summed E-state index contributed by atoms with van der Waals surface area (Å²) in [6, 6.07) is 8.27. The highest BCUT2D eigenvalue weighted by molar-refractivity contribution is 8.01. The van der Waals surface area contributed by atoms with E-state index in [0.29, 0.717) is 13.1 Å². The molecule has 0 aliphatic carbocycles. The monoisotopic (exact) mass is 278 g/mol. The Bertz CT molecular complexity index is 448. The summed E-state index contributed by atoms with van der Waals surface area (Å²) < 4.78 is 0. The third kappa shape index (κ3) is 3.31. The Morgan fingerprint density at radius 2 is 2.16 bits per heavy atom. The highest BCUT2D eigenvalue weighted by atomic mass is 32.2. The van der Waals surface area contributed by atoms with E-state index in [-0.39, 0.29) is 16.6 Å². The van der Waals surface area contributed by atoms with E-state index in [4.69, 9.17) is 5.73 Å². The number of thioether (sulfide) groups is 1. The van der Waals surface area contributed by atoms with Crippen LogP contribution in [0, 0.1) is 5.41 Å². The number of hydrogen-bond donors (Lipinski definition) is 1. The number of nitrogens with zero attached hydrogens (tertiary/aromatic N) is 1. The molecule has 1 heterocycles. The fraction of sp³-hybridized carbons (Fsp3) is 0.533. The van der Waals surface area contributed by atoms with Gasteiger partial charge in [-0.15, -0.1) is 11.8 Å². The maximum absolute atomic E-state index is 12.5. The number of hydrogen-bond acceptors (Lipinski definition) is 3. The average molecular weight is 278 g/mol. The lowest BCUT2D eigenvalue weighted by molar-refractivity contribution is -0.130. The summed E-state index contributed by atoms with van der Waals surface area (Å²) in [4.78, 5) is 15.5. The first-order chi connectivity index (χ1) is 8.93. The lowest BCUT2D eigenvalue weighted by Crippen LogP contribution is -2.43. The lowest BCUT2D eigenvalue weighted by atomic mass is 9.93. The van der Waals surface area contributed by atoms with Gasteiger partial charge in [-0.1, -0.05) is 32.0 Å². The van der Waals surface area contributed by atoms with Crippen LogP contribution in [0.15, 0.2) is 29.2 Å². The van der Waals surface area contributed by atoms with Gasteiger partial charge >= 0.3 is 0 Å². The fourth-order valence-corrected chi connectivity index (χ4v) is 3.66. The van der Waals surface area contributed by atoms with Crippen molar-refractivity contribution >= 4 is 17.7 Å². The minimum Gasteiger partial charge on any atom is -0.344 e. The van der Waals surface area contributed by atoms with E-state index in [1.807, 2.05) is 24.1 Å². The highest BCUT2D eigenvalue weighted by Crippen LogP contribution is 2.37. The van der Waals surface area contributed by atoms with E-state index < -0.39 is 0 Å². The Kier molecular flexibility index (Phi) is 4.21. The first kappa shape index (κ1) is 14.4. The molecule has 3 nitrogen and oxygen atoms in total. The molecule has 0 saturated heterocycles. The van der Waals surface area contributed by atoms with Gasteiger partial charge in [0.1, 0.15) is 0 Å². The largest absolute Gasteiger partial charge is 0.344 e. The van der Waals surface area contributed by atoms with Crippen LogP contribution in [-0.4, -0.2) is 36.2 Å². The highest BCUT2D eigenvalue weighted by Gasteiger charge is 2.31. The second kappa shape index (κ2) is 5.55. The molecule has 0 saturated carbocycles. The predicted octanol–water partition coefficient (Wildman–Crippen LogP) is 2.15. The second-order valence-electron chi connectivity index (χ2n) is 5.98. The molecule has 1 aliphatic rings. The van der Waals surface area contributed by atoms with Gasteiger partial charge in [0.15, 0.2) is 0 Å².